The minimum atomic E-state index is -0.578. The molecule has 3 aromatic rings. The molecule has 0 N–H and O–H groups in total. The number of carbonyl (C=O) groups excluding carboxylic acids is 3. The van der Waals surface area contributed by atoms with Gasteiger partial charge >= 0.3 is 0 Å². The van der Waals surface area contributed by atoms with E-state index in [1.165, 1.54) is 17.0 Å². The van der Waals surface area contributed by atoms with Crippen LogP contribution in [0.25, 0.3) is 10.9 Å². The second-order valence-corrected chi connectivity index (χ2v) is 10.4. The van der Waals surface area contributed by atoms with Crippen LogP contribution in [0.5, 0.6) is 0 Å². The van der Waals surface area contributed by atoms with Gasteiger partial charge in [0.2, 0.25) is 0 Å². The van der Waals surface area contributed by atoms with Crippen LogP contribution in [0.15, 0.2) is 42.6 Å². The lowest BCUT2D eigenvalue weighted by molar-refractivity contribution is -0.124. The van der Waals surface area contributed by atoms with E-state index < -0.39 is 11.7 Å². The molecule has 2 aromatic carbocycles. The number of nitrogens with zero attached hydrogens (tertiary/aromatic N) is 3. The van der Waals surface area contributed by atoms with Crippen LogP contribution in [0, 0.1) is 18.7 Å². The number of benzene rings is 2. The Balaban J connectivity index is 1.57. The number of aryl methyl sites for hydroxylation is 2. The van der Waals surface area contributed by atoms with Gasteiger partial charge in [-0.15, -0.1) is 0 Å². The van der Waals surface area contributed by atoms with Crippen molar-refractivity contribution in [2.75, 3.05) is 27.2 Å². The smallest absolute Gasteiger partial charge is 0.294 e. The van der Waals surface area contributed by atoms with Crippen molar-refractivity contribution in [1.29, 1.82) is 0 Å². The van der Waals surface area contributed by atoms with Gasteiger partial charge in [-0.2, -0.15) is 0 Å². The fourth-order valence-corrected chi connectivity index (χ4v) is 5.15. The highest BCUT2D eigenvalue weighted by atomic mass is 19.1. The standard InChI is InChI=1S/C30H36FN3O3/c1-5-6-13-34-19-26(28(35)30(37)32(3)4)25-18-24(20(2)16-27(25)34)29(36)33-14-11-22(12-15-33)17-21-7-9-23(31)10-8-21/h7-10,16,18-19,22H,5-6,11-15,17H2,1-4H3. The molecule has 2 amide bonds. The molecule has 1 aliphatic rings. The van der Waals surface area contributed by atoms with Crippen LogP contribution < -0.4 is 0 Å². The van der Waals surface area contributed by atoms with Crippen molar-refractivity contribution in [3.8, 4) is 0 Å². The summed E-state index contributed by atoms with van der Waals surface area (Å²) in [5, 5.41) is 0.649. The number of halogens is 1. The number of rotatable bonds is 8. The Morgan fingerprint density at radius 2 is 1.70 bits per heavy atom. The summed E-state index contributed by atoms with van der Waals surface area (Å²) in [6, 6.07) is 10.4. The number of piperidine rings is 1. The Labute approximate surface area is 218 Å². The van der Waals surface area contributed by atoms with Crippen molar-refractivity contribution in [2.45, 2.75) is 52.5 Å². The number of ketones is 1. The van der Waals surface area contributed by atoms with Gasteiger partial charge in [-0.3, -0.25) is 14.4 Å². The summed E-state index contributed by atoms with van der Waals surface area (Å²) < 4.78 is 15.2. The number of carbonyl (C=O) groups is 3. The minimum Gasteiger partial charge on any atom is -0.347 e. The van der Waals surface area contributed by atoms with Crippen LogP contribution in [-0.2, 0) is 17.8 Å². The summed E-state index contributed by atoms with van der Waals surface area (Å²) >= 11 is 0. The van der Waals surface area contributed by atoms with Gasteiger partial charge in [0, 0.05) is 56.4 Å². The fraction of sp³-hybridized carbons (Fsp3) is 0.433. The zero-order chi connectivity index (χ0) is 26.7. The van der Waals surface area contributed by atoms with E-state index in [0.29, 0.717) is 35.5 Å². The molecule has 1 saturated heterocycles. The van der Waals surface area contributed by atoms with Crippen molar-refractivity contribution in [2.24, 2.45) is 5.92 Å². The molecule has 0 radical (unpaired) electrons. The molecular formula is C30H36FN3O3. The van der Waals surface area contributed by atoms with E-state index in [1.807, 2.05) is 34.6 Å². The molecule has 0 saturated carbocycles. The SMILES string of the molecule is CCCCn1cc(C(=O)C(=O)N(C)C)c2cc(C(=O)N3CCC(Cc4ccc(F)cc4)CC3)c(C)cc21. The predicted octanol–water partition coefficient (Wildman–Crippen LogP) is 5.25. The van der Waals surface area contributed by atoms with Crippen LogP contribution >= 0.6 is 0 Å². The third kappa shape index (κ3) is 5.76. The third-order valence-corrected chi connectivity index (χ3v) is 7.39. The topological polar surface area (TPSA) is 62.6 Å². The maximum atomic E-state index is 13.6. The van der Waals surface area contributed by atoms with E-state index in [1.54, 1.807) is 26.4 Å². The highest BCUT2D eigenvalue weighted by molar-refractivity contribution is 6.44. The van der Waals surface area contributed by atoms with Gasteiger partial charge in [-0.1, -0.05) is 25.5 Å². The number of Topliss-reactive ketones (excluding diaryl/α,β-unsaturated/α-hetero) is 1. The van der Waals surface area contributed by atoms with Crippen molar-refractivity contribution >= 4 is 28.5 Å². The van der Waals surface area contributed by atoms with Crippen molar-refractivity contribution in [3.05, 3.63) is 70.7 Å². The van der Waals surface area contributed by atoms with Gasteiger partial charge in [-0.05, 0) is 73.9 Å². The maximum Gasteiger partial charge on any atom is 0.294 e. The third-order valence-electron chi connectivity index (χ3n) is 7.39. The Morgan fingerprint density at radius 3 is 2.32 bits per heavy atom. The molecule has 1 fully saturated rings. The fourth-order valence-electron chi connectivity index (χ4n) is 5.15. The molecule has 6 nitrogen and oxygen atoms in total. The van der Waals surface area contributed by atoms with Gasteiger partial charge in [0.25, 0.3) is 17.6 Å². The van der Waals surface area contributed by atoms with Crippen molar-refractivity contribution in [3.63, 3.8) is 0 Å². The van der Waals surface area contributed by atoms with E-state index in [4.69, 9.17) is 0 Å². The Morgan fingerprint density at radius 1 is 1.03 bits per heavy atom. The molecule has 7 heteroatoms. The summed E-state index contributed by atoms with van der Waals surface area (Å²) in [6.45, 7) is 6.09. The van der Waals surface area contributed by atoms with Crippen LogP contribution in [0.2, 0.25) is 0 Å². The number of likely N-dealkylation sites (tertiary alicyclic amines) is 1. The van der Waals surface area contributed by atoms with Crippen molar-refractivity contribution < 1.29 is 18.8 Å². The molecule has 2 heterocycles. The number of unbranched alkanes of at least 4 members (excludes halogenated alkanes) is 1. The highest BCUT2D eigenvalue weighted by Crippen LogP contribution is 2.29. The summed E-state index contributed by atoms with van der Waals surface area (Å²) in [5.41, 5.74) is 3.76. The Kier molecular flexibility index (Phi) is 8.10. The number of hydrogen-bond acceptors (Lipinski definition) is 3. The first-order chi connectivity index (χ1) is 17.7. The molecule has 0 unspecified atom stereocenters. The van der Waals surface area contributed by atoms with Gasteiger partial charge < -0.3 is 14.4 Å². The van der Waals surface area contributed by atoms with Crippen LogP contribution in [-0.4, -0.2) is 59.1 Å². The van der Waals surface area contributed by atoms with Gasteiger partial charge in [0.1, 0.15) is 5.82 Å². The predicted molar refractivity (Wildman–Crippen MR) is 143 cm³/mol. The summed E-state index contributed by atoms with van der Waals surface area (Å²) in [5.74, 6) is -0.960. The Bertz CT molecular complexity index is 1300. The van der Waals surface area contributed by atoms with E-state index in [9.17, 15) is 18.8 Å². The largest absolute Gasteiger partial charge is 0.347 e. The number of likely N-dealkylation sites (N-methyl/N-ethyl adjacent to an activating group) is 1. The molecule has 37 heavy (non-hydrogen) atoms. The van der Waals surface area contributed by atoms with Gasteiger partial charge in [-0.25, -0.2) is 4.39 Å². The highest BCUT2D eigenvalue weighted by Gasteiger charge is 2.28. The van der Waals surface area contributed by atoms with E-state index >= 15 is 0 Å². The zero-order valence-corrected chi connectivity index (χ0v) is 22.2. The first kappa shape index (κ1) is 26.6. The lowest BCUT2D eigenvalue weighted by atomic mass is 9.89. The van der Waals surface area contributed by atoms with Gasteiger partial charge in [0.15, 0.2) is 0 Å². The number of fused-ring (bicyclic) bond motifs is 1. The number of amides is 2. The Hall–Kier alpha value is -3.48. The summed E-state index contributed by atoms with van der Waals surface area (Å²) in [7, 11) is 3.13. The molecule has 4 rings (SSSR count). The quantitative estimate of drug-likeness (QED) is 0.310. The normalized spacial score (nSPS) is 14.2. The van der Waals surface area contributed by atoms with E-state index in [2.05, 4.69) is 6.92 Å². The van der Waals surface area contributed by atoms with Crippen LogP contribution in [0.3, 0.4) is 0 Å². The van der Waals surface area contributed by atoms with Gasteiger partial charge in [0.05, 0.1) is 5.56 Å². The lowest BCUT2D eigenvalue weighted by Gasteiger charge is -2.32. The molecular weight excluding hydrogens is 469 g/mol. The van der Waals surface area contributed by atoms with Crippen molar-refractivity contribution in [1.82, 2.24) is 14.4 Å². The summed E-state index contributed by atoms with van der Waals surface area (Å²) in [6.07, 6.45) is 6.37. The molecule has 196 valence electrons. The summed E-state index contributed by atoms with van der Waals surface area (Å²) in [4.78, 5) is 42.3. The molecule has 0 aliphatic carbocycles. The average Bonchev–Trinajstić information content (AvgIpc) is 3.24. The van der Waals surface area contributed by atoms with Crippen LogP contribution in [0.4, 0.5) is 4.39 Å². The lowest BCUT2D eigenvalue weighted by Crippen LogP contribution is -2.39. The van der Waals surface area contributed by atoms with Crippen LogP contribution in [0.1, 0.15) is 64.4 Å². The molecule has 1 aliphatic heterocycles. The minimum absolute atomic E-state index is 0.0433. The molecule has 0 bridgehead atoms. The average molecular weight is 506 g/mol. The zero-order valence-electron chi connectivity index (χ0n) is 22.2. The first-order valence-electron chi connectivity index (χ1n) is 13.1. The molecule has 1 aromatic heterocycles. The molecule has 0 atom stereocenters. The second-order valence-electron chi connectivity index (χ2n) is 10.4. The maximum absolute atomic E-state index is 13.6. The van der Waals surface area contributed by atoms with E-state index in [-0.39, 0.29) is 11.7 Å². The number of hydrogen-bond donors (Lipinski definition) is 0. The molecule has 0 spiro atoms. The number of aromatic nitrogens is 1. The first-order valence-corrected chi connectivity index (χ1v) is 13.1. The van der Waals surface area contributed by atoms with E-state index in [0.717, 1.165) is 55.3 Å². The monoisotopic (exact) mass is 505 g/mol. The second kappa shape index (κ2) is 11.3.